The van der Waals surface area contributed by atoms with Crippen LogP contribution in [0.5, 0.6) is 0 Å². The molecule has 0 aliphatic carbocycles. The third-order valence-electron chi connectivity index (χ3n) is 6.09. The van der Waals surface area contributed by atoms with Gasteiger partial charge in [0, 0.05) is 29.2 Å². The maximum absolute atomic E-state index is 11.8. The van der Waals surface area contributed by atoms with E-state index in [-0.39, 0.29) is 18.2 Å². The third kappa shape index (κ3) is 7.10. The van der Waals surface area contributed by atoms with E-state index in [2.05, 4.69) is 10.2 Å². The number of methoxy groups -OCH3 is 2. The van der Waals surface area contributed by atoms with Crippen molar-refractivity contribution in [3.63, 3.8) is 0 Å². The molecule has 12 nitrogen and oxygen atoms in total. The summed E-state index contributed by atoms with van der Waals surface area (Å²) >= 11 is 0. The summed E-state index contributed by atoms with van der Waals surface area (Å²) in [5, 5.41) is 19.6. The second kappa shape index (κ2) is 12.7. The smallest absolute Gasteiger partial charge is 0.338 e. The van der Waals surface area contributed by atoms with Gasteiger partial charge in [0.1, 0.15) is 0 Å². The lowest BCUT2D eigenvalue weighted by Crippen LogP contribution is -2.11. The Morgan fingerprint density at radius 2 is 1.25 bits per heavy atom. The van der Waals surface area contributed by atoms with Gasteiger partial charge in [-0.05, 0) is 75.2 Å². The SMILES string of the molecule is COC(=O)c1ccc(N)cc1Cn1nc(C)cc1C.COC(=O)c1ccc([N+](=O)[O-])cc1Cn1nc(C)cc1C. The van der Waals surface area contributed by atoms with Crippen LogP contribution >= 0.6 is 0 Å². The number of anilines is 1. The number of nitro groups is 1. The van der Waals surface area contributed by atoms with Gasteiger partial charge in [-0.1, -0.05) is 0 Å². The first kappa shape index (κ1) is 29.6. The molecule has 40 heavy (non-hydrogen) atoms. The number of hydrogen-bond acceptors (Lipinski definition) is 9. The number of benzene rings is 2. The monoisotopic (exact) mass is 548 g/mol. The molecule has 0 amide bonds. The fourth-order valence-electron chi connectivity index (χ4n) is 4.18. The van der Waals surface area contributed by atoms with Crippen LogP contribution in [-0.4, -0.2) is 50.6 Å². The van der Waals surface area contributed by atoms with Gasteiger partial charge in [-0.2, -0.15) is 10.2 Å². The Morgan fingerprint density at radius 1 is 0.800 bits per heavy atom. The van der Waals surface area contributed by atoms with Crippen molar-refractivity contribution >= 4 is 23.3 Å². The average Bonchev–Trinajstić information content (AvgIpc) is 3.40. The molecule has 0 unspecified atom stereocenters. The van der Waals surface area contributed by atoms with Crippen molar-refractivity contribution in [2.45, 2.75) is 40.8 Å². The summed E-state index contributed by atoms with van der Waals surface area (Å²) in [4.78, 5) is 33.9. The molecule has 0 aliphatic heterocycles. The Balaban J connectivity index is 0.000000222. The standard InChI is InChI=1S/C14H15N3O4.C14H17N3O2/c1-9-6-10(2)16(15-9)8-11-7-12(17(19)20)4-5-13(11)14(18)21-3;1-9-6-10(2)17(16-9)8-11-7-12(15)4-5-13(11)14(18)19-3/h4-7H,8H2,1-3H3;4-7H,8,15H2,1-3H3. The van der Waals surface area contributed by atoms with E-state index in [1.807, 2.05) is 44.5 Å². The van der Waals surface area contributed by atoms with Gasteiger partial charge < -0.3 is 15.2 Å². The van der Waals surface area contributed by atoms with Gasteiger partial charge in [-0.25, -0.2) is 9.59 Å². The van der Waals surface area contributed by atoms with E-state index in [0.717, 1.165) is 28.3 Å². The number of aryl methyl sites for hydroxylation is 4. The molecule has 0 spiro atoms. The van der Waals surface area contributed by atoms with Gasteiger partial charge in [0.2, 0.25) is 0 Å². The predicted octanol–water partition coefficient (Wildman–Crippen LogP) is 4.16. The molecule has 0 bridgehead atoms. The van der Waals surface area contributed by atoms with Crippen LogP contribution in [0.4, 0.5) is 11.4 Å². The fraction of sp³-hybridized carbons (Fsp3) is 0.286. The van der Waals surface area contributed by atoms with Crippen LogP contribution in [0, 0.1) is 37.8 Å². The van der Waals surface area contributed by atoms with Crippen LogP contribution in [0.15, 0.2) is 48.5 Å². The second-order valence-corrected chi connectivity index (χ2v) is 9.17. The van der Waals surface area contributed by atoms with E-state index < -0.39 is 10.9 Å². The number of carbonyl (C=O) groups excluding carboxylic acids is 2. The Labute approximate surface area is 231 Å². The molecule has 2 aromatic carbocycles. The highest BCUT2D eigenvalue weighted by Crippen LogP contribution is 2.21. The van der Waals surface area contributed by atoms with E-state index in [0.29, 0.717) is 28.9 Å². The lowest BCUT2D eigenvalue weighted by molar-refractivity contribution is -0.384. The molecule has 0 saturated heterocycles. The largest absolute Gasteiger partial charge is 0.465 e. The lowest BCUT2D eigenvalue weighted by atomic mass is 10.1. The third-order valence-corrected chi connectivity index (χ3v) is 6.09. The molecule has 0 atom stereocenters. The molecule has 210 valence electrons. The van der Waals surface area contributed by atoms with Crippen molar-refractivity contribution in [2.24, 2.45) is 0 Å². The number of carbonyl (C=O) groups is 2. The van der Waals surface area contributed by atoms with Gasteiger partial charge >= 0.3 is 11.9 Å². The van der Waals surface area contributed by atoms with E-state index in [1.165, 1.54) is 32.4 Å². The number of esters is 2. The van der Waals surface area contributed by atoms with Crippen molar-refractivity contribution in [3.8, 4) is 0 Å². The average molecular weight is 549 g/mol. The van der Waals surface area contributed by atoms with Gasteiger partial charge in [0.05, 0.1) is 54.7 Å². The molecule has 2 N–H and O–H groups in total. The summed E-state index contributed by atoms with van der Waals surface area (Å²) in [5.41, 5.74) is 12.2. The maximum Gasteiger partial charge on any atom is 0.338 e. The Morgan fingerprint density at radius 3 is 1.65 bits per heavy atom. The van der Waals surface area contributed by atoms with E-state index in [4.69, 9.17) is 15.2 Å². The van der Waals surface area contributed by atoms with Gasteiger partial charge in [-0.3, -0.25) is 19.5 Å². The molecule has 4 aromatic rings. The minimum Gasteiger partial charge on any atom is -0.465 e. The number of aromatic nitrogens is 4. The summed E-state index contributed by atoms with van der Waals surface area (Å²) < 4.78 is 13.0. The number of rotatable bonds is 7. The minimum absolute atomic E-state index is 0.0702. The highest BCUT2D eigenvalue weighted by Gasteiger charge is 2.18. The topological polar surface area (TPSA) is 157 Å². The Kier molecular flexibility index (Phi) is 9.38. The molecular weight excluding hydrogens is 516 g/mol. The maximum atomic E-state index is 11.8. The van der Waals surface area contributed by atoms with Crippen LogP contribution in [0.1, 0.15) is 54.6 Å². The molecular formula is C28H32N6O6. The van der Waals surface area contributed by atoms with Crippen molar-refractivity contribution in [3.05, 3.63) is 104 Å². The number of hydrogen-bond donors (Lipinski definition) is 1. The highest BCUT2D eigenvalue weighted by atomic mass is 16.6. The van der Waals surface area contributed by atoms with Crippen LogP contribution < -0.4 is 5.73 Å². The summed E-state index contributed by atoms with van der Waals surface area (Å²) in [7, 11) is 2.64. The van der Waals surface area contributed by atoms with Gasteiger partial charge in [-0.15, -0.1) is 0 Å². The molecule has 0 aliphatic rings. The van der Waals surface area contributed by atoms with Gasteiger partial charge in [0.25, 0.3) is 5.69 Å². The number of ether oxygens (including phenoxy) is 2. The second-order valence-electron chi connectivity index (χ2n) is 9.17. The van der Waals surface area contributed by atoms with Crippen LogP contribution in [-0.2, 0) is 22.6 Å². The van der Waals surface area contributed by atoms with Crippen LogP contribution in [0.3, 0.4) is 0 Å². The first-order valence-electron chi connectivity index (χ1n) is 12.3. The zero-order valence-electron chi connectivity index (χ0n) is 23.3. The number of non-ortho nitro benzene ring substituents is 1. The number of nitrogen functional groups attached to an aromatic ring is 1. The first-order chi connectivity index (χ1) is 18.9. The first-order valence-corrected chi connectivity index (χ1v) is 12.3. The summed E-state index contributed by atoms with van der Waals surface area (Å²) in [5.74, 6) is -0.891. The van der Waals surface area contributed by atoms with Crippen molar-refractivity contribution in [1.82, 2.24) is 19.6 Å². The minimum atomic E-state index is -0.526. The van der Waals surface area contributed by atoms with E-state index >= 15 is 0 Å². The normalized spacial score (nSPS) is 10.4. The quantitative estimate of drug-likeness (QED) is 0.155. The molecule has 2 aromatic heterocycles. The molecule has 0 fully saturated rings. The zero-order chi connectivity index (χ0) is 29.6. The zero-order valence-corrected chi connectivity index (χ0v) is 23.3. The Hall–Kier alpha value is -5.00. The summed E-state index contributed by atoms with van der Waals surface area (Å²) in [6.07, 6.45) is 0. The fourth-order valence-corrected chi connectivity index (χ4v) is 4.18. The number of nitro benzene ring substituents is 1. The van der Waals surface area contributed by atoms with Crippen LogP contribution in [0.2, 0.25) is 0 Å². The van der Waals surface area contributed by atoms with Crippen molar-refractivity contribution < 1.29 is 24.0 Å². The van der Waals surface area contributed by atoms with Crippen molar-refractivity contribution in [2.75, 3.05) is 20.0 Å². The van der Waals surface area contributed by atoms with Crippen molar-refractivity contribution in [1.29, 1.82) is 0 Å². The van der Waals surface area contributed by atoms with E-state index in [1.54, 1.807) is 22.9 Å². The molecule has 0 radical (unpaired) electrons. The molecule has 2 heterocycles. The molecule has 12 heteroatoms. The van der Waals surface area contributed by atoms with Gasteiger partial charge in [0.15, 0.2) is 0 Å². The highest BCUT2D eigenvalue weighted by molar-refractivity contribution is 5.92. The molecule has 4 rings (SSSR count). The number of nitrogens with zero attached hydrogens (tertiary/aromatic N) is 5. The van der Waals surface area contributed by atoms with E-state index in [9.17, 15) is 19.7 Å². The Bertz CT molecular complexity index is 1550. The predicted molar refractivity (Wildman–Crippen MR) is 148 cm³/mol. The molecule has 0 saturated carbocycles. The lowest BCUT2D eigenvalue weighted by Gasteiger charge is -2.10. The summed E-state index contributed by atoms with van der Waals surface area (Å²) in [6.45, 7) is 8.42. The summed E-state index contributed by atoms with van der Waals surface area (Å²) in [6, 6.07) is 13.1. The number of nitrogens with two attached hydrogens (primary N) is 1. The van der Waals surface area contributed by atoms with Crippen LogP contribution in [0.25, 0.3) is 0 Å².